The number of hydrogen-bond acceptors (Lipinski definition) is 0. The Hall–Kier alpha value is -0.260. The summed E-state index contributed by atoms with van der Waals surface area (Å²) >= 11 is 0. The first-order valence-corrected chi connectivity index (χ1v) is 5.45. The second kappa shape index (κ2) is 2.16. The topological polar surface area (TPSA) is 0 Å². The van der Waals surface area contributed by atoms with Crippen molar-refractivity contribution in [3.05, 3.63) is 12.2 Å². The summed E-state index contributed by atoms with van der Waals surface area (Å²) in [4.78, 5) is 0. The summed E-state index contributed by atoms with van der Waals surface area (Å²) in [5.41, 5.74) is 0. The van der Waals surface area contributed by atoms with E-state index >= 15 is 0 Å². The third-order valence-electron chi connectivity index (χ3n) is 4.41. The first kappa shape index (κ1) is 7.17. The highest BCUT2D eigenvalue weighted by Crippen LogP contribution is 2.65. The molecule has 0 saturated heterocycles. The van der Waals surface area contributed by atoms with Gasteiger partial charge in [0.1, 0.15) is 0 Å². The summed E-state index contributed by atoms with van der Waals surface area (Å²) in [5, 5.41) is 0. The maximum Gasteiger partial charge on any atom is -0.0168 e. The average Bonchev–Trinajstić information content (AvgIpc) is 2.55. The molecule has 3 aliphatic carbocycles. The molecular formula is C12H18. The Morgan fingerprint density at radius 2 is 2.00 bits per heavy atom. The molecule has 0 bridgehead atoms. The second-order valence-corrected chi connectivity index (χ2v) is 5.29. The predicted molar refractivity (Wildman–Crippen MR) is 50.7 cm³/mol. The van der Waals surface area contributed by atoms with Crippen LogP contribution in [0.25, 0.3) is 0 Å². The number of fused-ring (bicyclic) bond motifs is 3. The molecular weight excluding hydrogens is 144 g/mol. The van der Waals surface area contributed by atoms with Crippen LogP contribution >= 0.6 is 0 Å². The van der Waals surface area contributed by atoms with Gasteiger partial charge in [-0.15, -0.1) is 0 Å². The Labute approximate surface area is 75.0 Å². The Bertz CT molecular complexity index is 226. The van der Waals surface area contributed by atoms with Crippen LogP contribution in [0.4, 0.5) is 0 Å². The van der Waals surface area contributed by atoms with E-state index in [-0.39, 0.29) is 0 Å². The SMILES string of the molecule is CC(C)C1C2CC=CC2C2C[C@@H]21. The number of rotatable bonds is 1. The van der Waals surface area contributed by atoms with Crippen molar-refractivity contribution >= 4 is 0 Å². The van der Waals surface area contributed by atoms with E-state index in [0.29, 0.717) is 0 Å². The van der Waals surface area contributed by atoms with Crippen molar-refractivity contribution in [1.29, 1.82) is 0 Å². The maximum absolute atomic E-state index is 2.51. The van der Waals surface area contributed by atoms with E-state index in [4.69, 9.17) is 0 Å². The highest BCUT2D eigenvalue weighted by molar-refractivity contribution is 5.18. The number of allylic oxidation sites excluding steroid dienone is 2. The third kappa shape index (κ3) is 0.739. The summed E-state index contributed by atoms with van der Waals surface area (Å²) in [6, 6.07) is 0. The molecule has 4 unspecified atom stereocenters. The van der Waals surface area contributed by atoms with Gasteiger partial charge in [-0.1, -0.05) is 26.0 Å². The van der Waals surface area contributed by atoms with Crippen LogP contribution < -0.4 is 0 Å². The molecule has 0 aromatic carbocycles. The Kier molecular flexibility index (Phi) is 1.29. The number of hydrogen-bond donors (Lipinski definition) is 0. The molecule has 2 fully saturated rings. The van der Waals surface area contributed by atoms with Crippen molar-refractivity contribution in [2.45, 2.75) is 26.7 Å². The highest BCUT2D eigenvalue weighted by Gasteiger charge is 2.59. The van der Waals surface area contributed by atoms with Gasteiger partial charge in [0.25, 0.3) is 0 Å². The fraction of sp³-hybridized carbons (Fsp3) is 0.833. The molecule has 0 N–H and O–H groups in total. The van der Waals surface area contributed by atoms with Crippen LogP contribution in [0.5, 0.6) is 0 Å². The van der Waals surface area contributed by atoms with E-state index in [2.05, 4.69) is 26.0 Å². The predicted octanol–water partition coefficient (Wildman–Crippen LogP) is 3.10. The molecule has 12 heavy (non-hydrogen) atoms. The van der Waals surface area contributed by atoms with E-state index in [1.807, 2.05) is 0 Å². The van der Waals surface area contributed by atoms with Crippen LogP contribution in [0.3, 0.4) is 0 Å². The van der Waals surface area contributed by atoms with E-state index in [1.54, 1.807) is 6.42 Å². The molecule has 0 spiro atoms. The van der Waals surface area contributed by atoms with E-state index in [0.717, 1.165) is 35.5 Å². The zero-order chi connectivity index (χ0) is 8.29. The van der Waals surface area contributed by atoms with Crippen molar-refractivity contribution in [2.24, 2.45) is 35.5 Å². The maximum atomic E-state index is 2.51. The molecule has 0 heterocycles. The van der Waals surface area contributed by atoms with Crippen LogP contribution in [0.1, 0.15) is 26.7 Å². The summed E-state index contributed by atoms with van der Waals surface area (Å²) in [6.45, 7) is 4.83. The fourth-order valence-electron chi connectivity index (χ4n) is 3.99. The molecule has 2 saturated carbocycles. The van der Waals surface area contributed by atoms with Crippen LogP contribution in [-0.2, 0) is 0 Å². The van der Waals surface area contributed by atoms with Crippen molar-refractivity contribution in [3.63, 3.8) is 0 Å². The third-order valence-corrected chi connectivity index (χ3v) is 4.41. The summed E-state index contributed by atoms with van der Waals surface area (Å²) in [5.74, 6) is 6.28. The zero-order valence-electron chi connectivity index (χ0n) is 8.03. The monoisotopic (exact) mass is 162 g/mol. The normalized spacial score (nSPS) is 54.4. The van der Waals surface area contributed by atoms with E-state index in [9.17, 15) is 0 Å². The minimum atomic E-state index is 0.926. The largest absolute Gasteiger partial charge is 0.0879 e. The van der Waals surface area contributed by atoms with Gasteiger partial charge in [0.15, 0.2) is 0 Å². The first-order valence-electron chi connectivity index (χ1n) is 5.45. The lowest BCUT2D eigenvalue weighted by Gasteiger charge is -2.25. The molecule has 0 radical (unpaired) electrons. The molecule has 3 aliphatic rings. The van der Waals surface area contributed by atoms with Crippen LogP contribution in [-0.4, -0.2) is 0 Å². The minimum absolute atomic E-state index is 0.926. The fourth-order valence-corrected chi connectivity index (χ4v) is 3.99. The van der Waals surface area contributed by atoms with E-state index in [1.165, 1.54) is 6.42 Å². The van der Waals surface area contributed by atoms with E-state index < -0.39 is 0 Å². The van der Waals surface area contributed by atoms with Crippen molar-refractivity contribution < 1.29 is 0 Å². The van der Waals surface area contributed by atoms with Crippen molar-refractivity contribution in [3.8, 4) is 0 Å². The van der Waals surface area contributed by atoms with Crippen LogP contribution in [0, 0.1) is 35.5 Å². The molecule has 0 heteroatoms. The van der Waals surface area contributed by atoms with Gasteiger partial charge in [-0.2, -0.15) is 0 Å². The molecule has 0 aliphatic heterocycles. The minimum Gasteiger partial charge on any atom is -0.0879 e. The first-order chi connectivity index (χ1) is 5.79. The lowest BCUT2D eigenvalue weighted by atomic mass is 9.79. The summed E-state index contributed by atoms with van der Waals surface area (Å²) in [6.07, 6.45) is 7.88. The molecule has 0 aromatic heterocycles. The van der Waals surface area contributed by atoms with Gasteiger partial charge in [-0.3, -0.25) is 0 Å². The van der Waals surface area contributed by atoms with Gasteiger partial charge in [0.2, 0.25) is 0 Å². The molecule has 0 aromatic rings. The van der Waals surface area contributed by atoms with Crippen molar-refractivity contribution in [2.75, 3.05) is 0 Å². The lowest BCUT2D eigenvalue weighted by molar-refractivity contribution is 0.240. The quantitative estimate of drug-likeness (QED) is 0.520. The Morgan fingerprint density at radius 1 is 1.17 bits per heavy atom. The van der Waals surface area contributed by atoms with Gasteiger partial charge in [0.05, 0.1) is 0 Å². The van der Waals surface area contributed by atoms with Gasteiger partial charge in [-0.05, 0) is 48.3 Å². The molecule has 0 nitrogen and oxygen atoms in total. The van der Waals surface area contributed by atoms with Gasteiger partial charge in [0, 0.05) is 0 Å². The van der Waals surface area contributed by atoms with Crippen LogP contribution in [0.15, 0.2) is 12.2 Å². The Morgan fingerprint density at radius 3 is 2.75 bits per heavy atom. The standard InChI is InChI=1S/C12H18/c1-7(2)12-9-5-3-4-8(9)10-6-11(10)12/h3-4,7-12H,5-6H2,1-2H3/t8?,9?,10?,11-,12?/m0/s1. The molecule has 5 atom stereocenters. The lowest BCUT2D eigenvalue weighted by Crippen LogP contribution is -2.19. The molecule has 0 amide bonds. The average molecular weight is 162 g/mol. The highest BCUT2D eigenvalue weighted by atomic mass is 14.6. The van der Waals surface area contributed by atoms with Crippen molar-refractivity contribution in [1.82, 2.24) is 0 Å². The summed E-state index contributed by atoms with van der Waals surface area (Å²) in [7, 11) is 0. The van der Waals surface area contributed by atoms with Gasteiger partial charge < -0.3 is 0 Å². The Balaban J connectivity index is 1.88. The summed E-state index contributed by atoms with van der Waals surface area (Å²) < 4.78 is 0. The zero-order valence-corrected chi connectivity index (χ0v) is 8.03. The van der Waals surface area contributed by atoms with Gasteiger partial charge in [-0.25, -0.2) is 0 Å². The smallest absolute Gasteiger partial charge is 0.0168 e. The molecule has 66 valence electrons. The molecule has 3 rings (SSSR count). The second-order valence-electron chi connectivity index (χ2n) is 5.29. The van der Waals surface area contributed by atoms with Crippen LogP contribution in [0.2, 0.25) is 0 Å². The van der Waals surface area contributed by atoms with Gasteiger partial charge >= 0.3 is 0 Å².